The first-order chi connectivity index (χ1) is 9.86. The first-order valence-corrected chi connectivity index (χ1v) is 7.08. The lowest BCUT2D eigenvalue weighted by Gasteiger charge is -2.30. The molecule has 6 heteroatoms. The van der Waals surface area contributed by atoms with Gasteiger partial charge in [-0.15, -0.1) is 6.58 Å². The molecule has 116 valence electrons. The van der Waals surface area contributed by atoms with Crippen LogP contribution in [0.3, 0.4) is 0 Å². The monoisotopic (exact) mass is 294 g/mol. The van der Waals surface area contributed by atoms with E-state index in [-0.39, 0.29) is 18.4 Å². The second-order valence-electron chi connectivity index (χ2n) is 5.85. The van der Waals surface area contributed by atoms with Crippen LogP contribution in [-0.2, 0) is 4.74 Å². The Hall–Kier alpha value is -1.66. The highest BCUT2D eigenvalue weighted by Gasteiger charge is 2.50. The van der Waals surface area contributed by atoms with E-state index in [1.165, 1.54) is 10.8 Å². The summed E-state index contributed by atoms with van der Waals surface area (Å²) in [6.45, 7) is 9.18. The molecule has 0 saturated carbocycles. The van der Waals surface area contributed by atoms with Crippen LogP contribution in [0.15, 0.2) is 28.4 Å². The molecule has 1 aliphatic heterocycles. The topological polar surface area (TPSA) is 84.3 Å². The Morgan fingerprint density at radius 1 is 1.52 bits per heavy atom. The summed E-state index contributed by atoms with van der Waals surface area (Å²) in [6, 6.07) is 0. The van der Waals surface area contributed by atoms with Crippen molar-refractivity contribution in [3.8, 4) is 0 Å². The van der Waals surface area contributed by atoms with Gasteiger partial charge in [0.1, 0.15) is 11.8 Å². The van der Waals surface area contributed by atoms with Gasteiger partial charge in [-0.05, 0) is 19.3 Å². The largest absolute Gasteiger partial charge is 0.393 e. The minimum Gasteiger partial charge on any atom is -0.393 e. The van der Waals surface area contributed by atoms with E-state index in [0.29, 0.717) is 12.0 Å². The smallest absolute Gasteiger partial charge is 0.330 e. The van der Waals surface area contributed by atoms with Gasteiger partial charge in [0.25, 0.3) is 5.56 Å². The minimum absolute atomic E-state index is 0.0140. The zero-order valence-electron chi connectivity index (χ0n) is 12.6. The van der Waals surface area contributed by atoms with Crippen LogP contribution < -0.4 is 11.2 Å². The summed E-state index contributed by atoms with van der Waals surface area (Å²) in [4.78, 5) is 25.8. The molecule has 0 spiro atoms. The normalized spacial score (nSPS) is 32.3. The molecule has 2 rings (SSSR count). The van der Waals surface area contributed by atoms with Crippen LogP contribution in [0.4, 0.5) is 0 Å². The number of rotatable bonds is 4. The van der Waals surface area contributed by atoms with Gasteiger partial charge in [-0.3, -0.25) is 14.3 Å². The van der Waals surface area contributed by atoms with Crippen LogP contribution in [0.25, 0.3) is 0 Å². The maximum atomic E-state index is 12.0. The molecule has 2 heterocycles. The Morgan fingerprint density at radius 2 is 2.19 bits per heavy atom. The lowest BCUT2D eigenvalue weighted by Crippen LogP contribution is -2.39. The Labute approximate surface area is 123 Å². The van der Waals surface area contributed by atoms with Crippen LogP contribution in [-0.4, -0.2) is 26.9 Å². The van der Waals surface area contributed by atoms with Gasteiger partial charge in [0.2, 0.25) is 0 Å². The number of aromatic nitrogens is 2. The van der Waals surface area contributed by atoms with E-state index in [2.05, 4.69) is 11.6 Å². The van der Waals surface area contributed by atoms with E-state index in [0.717, 1.165) is 0 Å². The van der Waals surface area contributed by atoms with E-state index in [1.54, 1.807) is 13.0 Å². The van der Waals surface area contributed by atoms with Gasteiger partial charge in [0.05, 0.1) is 6.61 Å². The number of aryl methyl sites for hydroxylation is 1. The Bertz CT molecular complexity index is 648. The molecular formula is C15H22N2O4. The summed E-state index contributed by atoms with van der Waals surface area (Å²) in [6.07, 6.45) is 3.21. The fourth-order valence-electron chi connectivity index (χ4n) is 2.99. The van der Waals surface area contributed by atoms with Crippen molar-refractivity contribution in [2.24, 2.45) is 11.8 Å². The summed E-state index contributed by atoms with van der Waals surface area (Å²) < 4.78 is 7.45. The van der Waals surface area contributed by atoms with Crippen LogP contribution in [0.5, 0.6) is 0 Å². The molecule has 1 aromatic rings. The predicted octanol–water partition coefficient (Wildman–Crippen LogP) is 0.953. The quantitative estimate of drug-likeness (QED) is 0.810. The number of nitrogens with one attached hydrogen (secondary N) is 1. The van der Waals surface area contributed by atoms with Crippen molar-refractivity contribution in [3.63, 3.8) is 0 Å². The van der Waals surface area contributed by atoms with Crippen molar-refractivity contribution in [1.29, 1.82) is 0 Å². The zero-order valence-corrected chi connectivity index (χ0v) is 12.6. The lowest BCUT2D eigenvalue weighted by atomic mass is 9.81. The van der Waals surface area contributed by atoms with Crippen LogP contribution in [0, 0.1) is 18.8 Å². The van der Waals surface area contributed by atoms with Gasteiger partial charge in [0.15, 0.2) is 0 Å². The average Bonchev–Trinajstić information content (AvgIpc) is 2.69. The van der Waals surface area contributed by atoms with E-state index in [4.69, 9.17) is 4.74 Å². The first-order valence-electron chi connectivity index (χ1n) is 7.08. The van der Waals surface area contributed by atoms with Crippen molar-refractivity contribution < 1.29 is 9.84 Å². The summed E-state index contributed by atoms with van der Waals surface area (Å²) in [5.41, 5.74) is -1.19. The Morgan fingerprint density at radius 3 is 2.76 bits per heavy atom. The molecule has 4 atom stereocenters. The number of aliphatic hydroxyl groups excluding tert-OH is 1. The lowest BCUT2D eigenvalue weighted by molar-refractivity contribution is -0.111. The number of hydrogen-bond acceptors (Lipinski definition) is 4. The molecule has 0 aliphatic carbocycles. The highest BCUT2D eigenvalue weighted by Crippen LogP contribution is 2.46. The maximum absolute atomic E-state index is 12.0. The molecular weight excluding hydrogens is 272 g/mol. The van der Waals surface area contributed by atoms with Crippen LogP contribution in [0.2, 0.25) is 0 Å². The van der Waals surface area contributed by atoms with Gasteiger partial charge in [-0.25, -0.2) is 4.79 Å². The van der Waals surface area contributed by atoms with E-state index >= 15 is 0 Å². The predicted molar refractivity (Wildman–Crippen MR) is 79.1 cm³/mol. The Balaban J connectivity index is 2.47. The number of aromatic amines is 1. The van der Waals surface area contributed by atoms with Crippen LogP contribution in [0.1, 0.15) is 32.1 Å². The molecule has 0 radical (unpaired) electrons. The van der Waals surface area contributed by atoms with E-state index in [9.17, 15) is 14.7 Å². The highest BCUT2D eigenvalue weighted by atomic mass is 16.5. The number of aliphatic hydroxyl groups is 1. The molecule has 1 aromatic heterocycles. The molecule has 4 unspecified atom stereocenters. The fourth-order valence-corrected chi connectivity index (χ4v) is 2.99. The second-order valence-corrected chi connectivity index (χ2v) is 5.85. The highest BCUT2D eigenvalue weighted by molar-refractivity contribution is 5.05. The number of nitrogens with zero attached hydrogens (tertiary/aromatic N) is 1. The van der Waals surface area contributed by atoms with Crippen LogP contribution >= 0.6 is 0 Å². The summed E-state index contributed by atoms with van der Waals surface area (Å²) >= 11 is 0. The van der Waals surface area contributed by atoms with Gasteiger partial charge in [0, 0.05) is 17.7 Å². The molecule has 6 nitrogen and oxygen atoms in total. The molecule has 1 aliphatic rings. The third kappa shape index (κ3) is 2.49. The van der Waals surface area contributed by atoms with Crippen molar-refractivity contribution in [1.82, 2.24) is 9.55 Å². The summed E-state index contributed by atoms with van der Waals surface area (Å²) in [7, 11) is 0. The molecule has 0 aromatic carbocycles. The molecule has 0 amide bonds. The molecule has 1 fully saturated rings. The van der Waals surface area contributed by atoms with Crippen molar-refractivity contribution in [2.75, 3.05) is 6.61 Å². The van der Waals surface area contributed by atoms with Gasteiger partial charge in [-0.1, -0.05) is 19.9 Å². The molecule has 0 bridgehead atoms. The van der Waals surface area contributed by atoms with E-state index in [1.807, 2.05) is 13.8 Å². The zero-order chi connectivity index (χ0) is 15.8. The van der Waals surface area contributed by atoms with Gasteiger partial charge in [-0.2, -0.15) is 0 Å². The second kappa shape index (κ2) is 5.61. The third-order valence-corrected chi connectivity index (χ3v) is 4.60. The maximum Gasteiger partial charge on any atom is 0.330 e. The van der Waals surface area contributed by atoms with Crippen molar-refractivity contribution >= 4 is 0 Å². The standard InChI is InChI=1S/C15H22N2O4/c1-5-6-15(8-18)11(4)10(3)13(21-15)17-7-9(2)12(19)16-14(17)20/h5,7,10-11,13,18H,1,6,8H2,2-4H3,(H,16,19,20). The summed E-state index contributed by atoms with van der Waals surface area (Å²) in [5, 5.41) is 9.75. The summed E-state index contributed by atoms with van der Waals surface area (Å²) in [5.74, 6) is 0.0599. The molecule has 1 saturated heterocycles. The number of ether oxygens (including phenoxy) is 1. The molecule has 21 heavy (non-hydrogen) atoms. The van der Waals surface area contributed by atoms with Gasteiger partial charge < -0.3 is 9.84 Å². The fraction of sp³-hybridized carbons (Fsp3) is 0.600. The van der Waals surface area contributed by atoms with Crippen molar-refractivity contribution in [3.05, 3.63) is 45.3 Å². The van der Waals surface area contributed by atoms with Crippen molar-refractivity contribution in [2.45, 2.75) is 39.0 Å². The minimum atomic E-state index is -0.741. The number of H-pyrrole nitrogens is 1. The number of hydrogen-bond donors (Lipinski definition) is 2. The Kier molecular flexibility index (Phi) is 4.20. The SMILES string of the molecule is C=CCC1(CO)OC(n2cc(C)c(=O)[nH]c2=O)C(C)C1C. The van der Waals surface area contributed by atoms with Gasteiger partial charge >= 0.3 is 5.69 Å². The molecule has 2 N–H and O–H groups in total. The van der Waals surface area contributed by atoms with E-state index < -0.39 is 23.1 Å². The first kappa shape index (κ1) is 15.7. The average molecular weight is 294 g/mol. The third-order valence-electron chi connectivity index (χ3n) is 4.60.